The molecule has 0 aliphatic carbocycles. The lowest BCUT2D eigenvalue weighted by atomic mass is 9.94. The van der Waals surface area contributed by atoms with Crippen LogP contribution in [0.15, 0.2) is 66.2 Å². The Morgan fingerprint density at radius 3 is 2.30 bits per heavy atom. The topological polar surface area (TPSA) is 66.8 Å². The molecule has 4 rings (SSSR count). The van der Waals surface area contributed by atoms with Crippen molar-refractivity contribution in [2.45, 2.75) is 33.7 Å². The number of ketones is 1. The summed E-state index contributed by atoms with van der Waals surface area (Å²) in [5.74, 6) is -0.958. The molecular formula is C28H27NO4. The largest absolute Gasteiger partial charge is 0.507 e. The summed E-state index contributed by atoms with van der Waals surface area (Å²) >= 11 is 0. The minimum atomic E-state index is -0.789. The number of carbonyl (C=O) groups excluding carboxylic acids is 2. The second-order valence-corrected chi connectivity index (χ2v) is 8.53. The molecule has 3 aromatic rings. The smallest absolute Gasteiger partial charge is 0.300 e. The van der Waals surface area contributed by atoms with Gasteiger partial charge in [0.05, 0.1) is 18.7 Å². The van der Waals surface area contributed by atoms with Crippen molar-refractivity contribution in [3.05, 3.63) is 99.6 Å². The first kappa shape index (κ1) is 22.3. The summed E-state index contributed by atoms with van der Waals surface area (Å²) in [6.07, 6.45) is 0. The SMILES string of the molecule is COc1cccc(C2/C(=C(\O)c3ccc(C)c(C)c3)C(=O)C(=O)N2c2ccc(C)cc2C)c1. The molecule has 0 bridgehead atoms. The highest BCUT2D eigenvalue weighted by Crippen LogP contribution is 2.43. The minimum Gasteiger partial charge on any atom is -0.507 e. The highest BCUT2D eigenvalue weighted by atomic mass is 16.5. The van der Waals surface area contributed by atoms with Gasteiger partial charge in [-0.25, -0.2) is 0 Å². The molecule has 0 aromatic heterocycles. The summed E-state index contributed by atoms with van der Waals surface area (Å²) in [4.78, 5) is 28.2. The van der Waals surface area contributed by atoms with Gasteiger partial charge in [-0.2, -0.15) is 0 Å². The Morgan fingerprint density at radius 1 is 0.879 bits per heavy atom. The molecule has 1 heterocycles. The number of hydrogen-bond donors (Lipinski definition) is 1. The van der Waals surface area contributed by atoms with E-state index in [2.05, 4.69) is 0 Å². The van der Waals surface area contributed by atoms with Gasteiger partial charge in [-0.1, -0.05) is 42.0 Å². The highest BCUT2D eigenvalue weighted by molar-refractivity contribution is 6.51. The molecule has 1 unspecified atom stereocenters. The summed E-state index contributed by atoms with van der Waals surface area (Å²) in [5, 5.41) is 11.3. The van der Waals surface area contributed by atoms with Crippen LogP contribution >= 0.6 is 0 Å². The minimum absolute atomic E-state index is 0.0662. The fourth-order valence-electron chi connectivity index (χ4n) is 4.33. The highest BCUT2D eigenvalue weighted by Gasteiger charge is 2.47. The summed E-state index contributed by atoms with van der Waals surface area (Å²) in [5.41, 5.74) is 5.87. The van der Waals surface area contributed by atoms with Crippen LogP contribution in [0, 0.1) is 27.7 Å². The molecule has 3 aromatic carbocycles. The lowest BCUT2D eigenvalue weighted by molar-refractivity contribution is -0.132. The number of methoxy groups -OCH3 is 1. The first-order valence-corrected chi connectivity index (χ1v) is 10.8. The number of anilines is 1. The molecular weight excluding hydrogens is 414 g/mol. The molecule has 1 fully saturated rings. The standard InChI is InChI=1S/C28H27NO4/c1-16-9-12-23(19(4)13-16)29-25(20-7-6-8-22(15-20)33-5)24(27(31)28(29)32)26(30)21-11-10-17(2)18(3)14-21/h6-15,25,30H,1-5H3/b26-24+. The Labute approximate surface area is 193 Å². The maximum atomic E-state index is 13.3. The number of amides is 1. The number of carbonyl (C=O) groups is 2. The van der Waals surface area contributed by atoms with Crippen molar-refractivity contribution in [2.75, 3.05) is 12.0 Å². The van der Waals surface area contributed by atoms with Crippen LogP contribution in [0.4, 0.5) is 5.69 Å². The van der Waals surface area contributed by atoms with E-state index in [1.54, 1.807) is 25.3 Å². The van der Waals surface area contributed by atoms with E-state index < -0.39 is 17.7 Å². The molecule has 0 saturated carbocycles. The van der Waals surface area contributed by atoms with E-state index in [-0.39, 0.29) is 11.3 Å². The van der Waals surface area contributed by atoms with Gasteiger partial charge < -0.3 is 9.84 Å². The molecule has 5 nitrogen and oxygen atoms in total. The van der Waals surface area contributed by atoms with Crippen LogP contribution in [0.5, 0.6) is 5.75 Å². The molecule has 0 spiro atoms. The quantitative estimate of drug-likeness (QED) is 0.327. The van der Waals surface area contributed by atoms with Crippen molar-refractivity contribution in [1.82, 2.24) is 0 Å². The molecule has 1 aliphatic rings. The van der Waals surface area contributed by atoms with Gasteiger partial charge in [0, 0.05) is 11.3 Å². The molecule has 1 aliphatic heterocycles. The fraction of sp³-hybridized carbons (Fsp3) is 0.214. The molecule has 0 radical (unpaired) electrons. The zero-order valence-electron chi connectivity index (χ0n) is 19.5. The number of aliphatic hydroxyl groups excluding tert-OH is 1. The lowest BCUT2D eigenvalue weighted by Gasteiger charge is -2.27. The number of Topliss-reactive ketones (excluding diaryl/α,β-unsaturated/α-hetero) is 1. The Morgan fingerprint density at radius 2 is 1.64 bits per heavy atom. The van der Waals surface area contributed by atoms with Crippen LogP contribution in [0.25, 0.3) is 5.76 Å². The molecule has 5 heteroatoms. The molecule has 1 saturated heterocycles. The van der Waals surface area contributed by atoms with E-state index in [0.717, 1.165) is 22.3 Å². The summed E-state index contributed by atoms with van der Waals surface area (Å²) in [6.45, 7) is 7.81. The molecule has 1 N–H and O–H groups in total. The monoisotopic (exact) mass is 441 g/mol. The van der Waals surface area contributed by atoms with Gasteiger partial charge in [0.15, 0.2) is 0 Å². The van der Waals surface area contributed by atoms with Crippen LogP contribution < -0.4 is 9.64 Å². The number of nitrogens with zero attached hydrogens (tertiary/aromatic N) is 1. The lowest BCUT2D eigenvalue weighted by Crippen LogP contribution is -2.30. The summed E-state index contributed by atoms with van der Waals surface area (Å²) < 4.78 is 5.39. The van der Waals surface area contributed by atoms with E-state index in [1.807, 2.05) is 70.2 Å². The second kappa shape index (κ2) is 8.58. The van der Waals surface area contributed by atoms with E-state index in [9.17, 15) is 14.7 Å². The van der Waals surface area contributed by atoms with Gasteiger partial charge in [-0.3, -0.25) is 14.5 Å². The number of ether oxygens (including phenoxy) is 1. The Balaban J connectivity index is 1.99. The normalized spacial score (nSPS) is 17.5. The van der Waals surface area contributed by atoms with Gasteiger partial charge in [-0.15, -0.1) is 0 Å². The Kier molecular flexibility index (Phi) is 5.81. The fourth-order valence-corrected chi connectivity index (χ4v) is 4.33. The van der Waals surface area contributed by atoms with E-state index in [0.29, 0.717) is 22.6 Å². The number of hydrogen-bond acceptors (Lipinski definition) is 4. The average Bonchev–Trinajstić information content (AvgIpc) is 3.06. The number of aryl methyl sites for hydroxylation is 4. The molecule has 1 atom stereocenters. The van der Waals surface area contributed by atoms with Gasteiger partial charge in [0.25, 0.3) is 11.7 Å². The third-order valence-electron chi connectivity index (χ3n) is 6.25. The third kappa shape index (κ3) is 3.91. The number of benzene rings is 3. The van der Waals surface area contributed by atoms with E-state index >= 15 is 0 Å². The Hall–Kier alpha value is -3.86. The second-order valence-electron chi connectivity index (χ2n) is 8.53. The summed E-state index contributed by atoms with van der Waals surface area (Å²) in [7, 11) is 1.56. The first-order chi connectivity index (χ1) is 15.7. The van der Waals surface area contributed by atoms with Crippen LogP contribution in [0.1, 0.15) is 39.4 Å². The zero-order chi connectivity index (χ0) is 23.9. The van der Waals surface area contributed by atoms with Crippen molar-refractivity contribution in [3.8, 4) is 5.75 Å². The number of aliphatic hydroxyl groups is 1. The molecule has 168 valence electrons. The van der Waals surface area contributed by atoms with Crippen molar-refractivity contribution < 1.29 is 19.4 Å². The van der Waals surface area contributed by atoms with Crippen molar-refractivity contribution in [3.63, 3.8) is 0 Å². The van der Waals surface area contributed by atoms with Gasteiger partial charge in [0.1, 0.15) is 11.5 Å². The van der Waals surface area contributed by atoms with Crippen LogP contribution in [-0.2, 0) is 9.59 Å². The molecule has 1 amide bonds. The van der Waals surface area contributed by atoms with Crippen LogP contribution in [0.3, 0.4) is 0 Å². The van der Waals surface area contributed by atoms with E-state index in [4.69, 9.17) is 4.74 Å². The van der Waals surface area contributed by atoms with Crippen LogP contribution in [0.2, 0.25) is 0 Å². The average molecular weight is 442 g/mol. The van der Waals surface area contributed by atoms with Crippen molar-refractivity contribution in [1.29, 1.82) is 0 Å². The van der Waals surface area contributed by atoms with E-state index in [1.165, 1.54) is 4.90 Å². The zero-order valence-corrected chi connectivity index (χ0v) is 19.5. The Bertz CT molecular complexity index is 1300. The van der Waals surface area contributed by atoms with Gasteiger partial charge >= 0.3 is 0 Å². The van der Waals surface area contributed by atoms with Crippen LogP contribution in [-0.4, -0.2) is 23.9 Å². The summed E-state index contributed by atoms with van der Waals surface area (Å²) in [6, 6.07) is 17.7. The maximum Gasteiger partial charge on any atom is 0.300 e. The maximum absolute atomic E-state index is 13.3. The predicted octanol–water partition coefficient (Wildman–Crippen LogP) is 5.56. The predicted molar refractivity (Wildman–Crippen MR) is 130 cm³/mol. The molecule has 33 heavy (non-hydrogen) atoms. The first-order valence-electron chi connectivity index (χ1n) is 10.8. The van der Waals surface area contributed by atoms with Gasteiger partial charge in [0.2, 0.25) is 0 Å². The number of rotatable bonds is 4. The third-order valence-corrected chi connectivity index (χ3v) is 6.25. The van der Waals surface area contributed by atoms with Crippen molar-refractivity contribution in [2.24, 2.45) is 0 Å². The van der Waals surface area contributed by atoms with Crippen molar-refractivity contribution >= 4 is 23.1 Å². The van der Waals surface area contributed by atoms with Gasteiger partial charge in [-0.05, 0) is 74.2 Å².